The fourth-order valence-corrected chi connectivity index (χ4v) is 2.41. The van der Waals surface area contributed by atoms with Gasteiger partial charge in [-0.3, -0.25) is 14.9 Å². The van der Waals surface area contributed by atoms with Crippen molar-refractivity contribution in [3.05, 3.63) is 45.9 Å². The molecule has 2 amide bonds. The number of nitrogens with one attached hydrogen (secondary N) is 2. The van der Waals surface area contributed by atoms with E-state index in [2.05, 4.69) is 15.6 Å². The summed E-state index contributed by atoms with van der Waals surface area (Å²) >= 11 is 6.99. The second-order valence-corrected chi connectivity index (χ2v) is 6.40. The molecule has 2 N–H and O–H groups in total. The standard InChI is InChI=1S/C15H16ClN3O2S/c1-9(2)7-17-14(21)12-8-22-15(18-12)19-13(20)10-3-5-11(16)6-4-10/h3-6,8-9H,7H2,1-2H3,(H,17,21)(H,18,19,20). The van der Waals surface area contributed by atoms with Crippen LogP contribution in [0, 0.1) is 5.92 Å². The molecule has 116 valence electrons. The quantitative estimate of drug-likeness (QED) is 0.878. The summed E-state index contributed by atoms with van der Waals surface area (Å²) in [6, 6.07) is 6.54. The average molecular weight is 338 g/mol. The molecular weight excluding hydrogens is 322 g/mol. The Morgan fingerprint density at radius 2 is 1.91 bits per heavy atom. The minimum atomic E-state index is -0.292. The van der Waals surface area contributed by atoms with Crippen molar-refractivity contribution in [2.75, 3.05) is 11.9 Å². The SMILES string of the molecule is CC(C)CNC(=O)c1csc(NC(=O)c2ccc(Cl)cc2)n1. The average Bonchev–Trinajstić information content (AvgIpc) is 2.94. The molecule has 0 saturated carbocycles. The number of carbonyl (C=O) groups is 2. The van der Waals surface area contributed by atoms with Gasteiger partial charge in [0.25, 0.3) is 11.8 Å². The highest BCUT2D eigenvalue weighted by molar-refractivity contribution is 7.14. The van der Waals surface area contributed by atoms with E-state index in [9.17, 15) is 9.59 Å². The highest BCUT2D eigenvalue weighted by Crippen LogP contribution is 2.17. The third-order valence-corrected chi connectivity index (χ3v) is 3.74. The van der Waals surface area contributed by atoms with Crippen LogP contribution in [-0.2, 0) is 0 Å². The zero-order valence-corrected chi connectivity index (χ0v) is 13.8. The van der Waals surface area contributed by atoms with Crippen molar-refractivity contribution >= 4 is 39.9 Å². The van der Waals surface area contributed by atoms with Gasteiger partial charge in [-0.05, 0) is 30.2 Å². The molecule has 1 heterocycles. The summed E-state index contributed by atoms with van der Waals surface area (Å²) in [6.45, 7) is 4.61. The summed E-state index contributed by atoms with van der Waals surface area (Å²) in [6.07, 6.45) is 0. The number of hydrogen-bond acceptors (Lipinski definition) is 4. The molecule has 2 aromatic rings. The molecule has 0 aliphatic heterocycles. The van der Waals surface area contributed by atoms with E-state index < -0.39 is 0 Å². The van der Waals surface area contributed by atoms with Gasteiger partial charge in [0.1, 0.15) is 5.69 Å². The topological polar surface area (TPSA) is 71.1 Å². The number of thiazole rings is 1. The maximum atomic E-state index is 12.0. The lowest BCUT2D eigenvalue weighted by molar-refractivity contribution is 0.0943. The Morgan fingerprint density at radius 1 is 1.23 bits per heavy atom. The maximum Gasteiger partial charge on any atom is 0.270 e. The van der Waals surface area contributed by atoms with Crippen molar-refractivity contribution in [3.8, 4) is 0 Å². The van der Waals surface area contributed by atoms with E-state index in [0.29, 0.717) is 33.9 Å². The van der Waals surface area contributed by atoms with Crippen LogP contribution in [0.25, 0.3) is 0 Å². The zero-order chi connectivity index (χ0) is 16.1. The summed E-state index contributed by atoms with van der Waals surface area (Å²) in [5.41, 5.74) is 0.780. The van der Waals surface area contributed by atoms with E-state index in [1.807, 2.05) is 13.8 Å². The van der Waals surface area contributed by atoms with Crippen LogP contribution in [0.3, 0.4) is 0 Å². The van der Waals surface area contributed by atoms with Crippen LogP contribution in [0.2, 0.25) is 5.02 Å². The Balaban J connectivity index is 1.98. The van der Waals surface area contributed by atoms with Gasteiger partial charge in [0, 0.05) is 22.5 Å². The van der Waals surface area contributed by atoms with Crippen LogP contribution in [0.5, 0.6) is 0 Å². The predicted octanol–water partition coefficient (Wildman–Crippen LogP) is 3.43. The first-order valence-electron chi connectivity index (χ1n) is 6.76. The van der Waals surface area contributed by atoms with E-state index in [4.69, 9.17) is 11.6 Å². The molecule has 0 unspecified atom stereocenters. The lowest BCUT2D eigenvalue weighted by atomic mass is 10.2. The number of carbonyl (C=O) groups excluding carboxylic acids is 2. The van der Waals surface area contributed by atoms with Crippen LogP contribution in [0.1, 0.15) is 34.7 Å². The van der Waals surface area contributed by atoms with Gasteiger partial charge in [0.2, 0.25) is 0 Å². The van der Waals surface area contributed by atoms with E-state index in [-0.39, 0.29) is 11.8 Å². The van der Waals surface area contributed by atoms with E-state index in [0.717, 1.165) is 0 Å². The van der Waals surface area contributed by atoms with Crippen molar-refractivity contribution in [3.63, 3.8) is 0 Å². The summed E-state index contributed by atoms with van der Waals surface area (Å²) < 4.78 is 0. The molecule has 0 bridgehead atoms. The number of anilines is 1. The Bertz CT molecular complexity index is 668. The summed E-state index contributed by atoms with van der Waals surface area (Å²) in [4.78, 5) is 28.0. The van der Waals surface area contributed by atoms with E-state index in [1.54, 1.807) is 29.6 Å². The van der Waals surface area contributed by atoms with Crippen molar-refractivity contribution < 1.29 is 9.59 Å². The highest BCUT2D eigenvalue weighted by Gasteiger charge is 2.13. The number of aromatic nitrogens is 1. The monoisotopic (exact) mass is 337 g/mol. The van der Waals surface area contributed by atoms with Crippen LogP contribution < -0.4 is 10.6 Å². The van der Waals surface area contributed by atoms with Crippen LogP contribution >= 0.6 is 22.9 Å². The van der Waals surface area contributed by atoms with Crippen molar-refractivity contribution in [2.45, 2.75) is 13.8 Å². The first kappa shape index (κ1) is 16.5. The van der Waals surface area contributed by atoms with Gasteiger partial charge in [0.15, 0.2) is 5.13 Å². The first-order valence-corrected chi connectivity index (χ1v) is 8.02. The lowest BCUT2D eigenvalue weighted by Gasteiger charge is -2.05. The van der Waals surface area contributed by atoms with Crippen molar-refractivity contribution in [1.29, 1.82) is 0 Å². The molecule has 0 aliphatic rings. The van der Waals surface area contributed by atoms with Crippen LogP contribution in [0.4, 0.5) is 5.13 Å². The number of hydrogen-bond donors (Lipinski definition) is 2. The normalized spacial score (nSPS) is 10.5. The molecule has 0 radical (unpaired) electrons. The van der Waals surface area contributed by atoms with E-state index in [1.165, 1.54) is 11.3 Å². The van der Waals surface area contributed by atoms with Crippen LogP contribution in [0.15, 0.2) is 29.6 Å². The minimum Gasteiger partial charge on any atom is -0.350 e. The summed E-state index contributed by atoms with van der Waals surface area (Å²) in [5, 5.41) is 8.01. The fraction of sp³-hybridized carbons (Fsp3) is 0.267. The Morgan fingerprint density at radius 3 is 2.55 bits per heavy atom. The Labute approximate surface area is 137 Å². The number of amides is 2. The number of nitrogens with zero attached hydrogens (tertiary/aromatic N) is 1. The highest BCUT2D eigenvalue weighted by atomic mass is 35.5. The fourth-order valence-electron chi connectivity index (χ4n) is 1.59. The number of rotatable bonds is 5. The van der Waals surface area contributed by atoms with E-state index >= 15 is 0 Å². The zero-order valence-electron chi connectivity index (χ0n) is 12.2. The van der Waals surface area contributed by atoms with Gasteiger partial charge in [-0.2, -0.15) is 0 Å². The molecule has 2 rings (SSSR count). The smallest absolute Gasteiger partial charge is 0.270 e. The molecule has 0 aliphatic carbocycles. The molecule has 0 fully saturated rings. The Hall–Kier alpha value is -1.92. The molecule has 0 spiro atoms. The molecule has 1 aromatic carbocycles. The molecule has 22 heavy (non-hydrogen) atoms. The second-order valence-electron chi connectivity index (χ2n) is 5.10. The van der Waals surface area contributed by atoms with Crippen LogP contribution in [-0.4, -0.2) is 23.3 Å². The van der Waals surface area contributed by atoms with Gasteiger partial charge in [0.05, 0.1) is 0 Å². The van der Waals surface area contributed by atoms with Gasteiger partial charge >= 0.3 is 0 Å². The predicted molar refractivity (Wildman–Crippen MR) is 88.7 cm³/mol. The summed E-state index contributed by atoms with van der Waals surface area (Å²) in [7, 11) is 0. The molecule has 0 atom stereocenters. The molecular formula is C15H16ClN3O2S. The Kier molecular flexibility index (Phi) is 5.51. The number of benzene rings is 1. The van der Waals surface area contributed by atoms with Gasteiger partial charge < -0.3 is 5.32 Å². The number of halogens is 1. The molecule has 0 saturated heterocycles. The summed E-state index contributed by atoms with van der Waals surface area (Å²) in [5.74, 6) is -0.163. The van der Waals surface area contributed by atoms with Gasteiger partial charge in [-0.1, -0.05) is 25.4 Å². The van der Waals surface area contributed by atoms with Gasteiger partial charge in [-0.15, -0.1) is 11.3 Å². The lowest BCUT2D eigenvalue weighted by Crippen LogP contribution is -2.27. The third kappa shape index (κ3) is 4.54. The minimum absolute atomic E-state index is 0.239. The second kappa shape index (κ2) is 7.38. The largest absolute Gasteiger partial charge is 0.350 e. The molecule has 1 aromatic heterocycles. The third-order valence-electron chi connectivity index (χ3n) is 2.73. The first-order chi connectivity index (χ1) is 10.5. The van der Waals surface area contributed by atoms with Crippen molar-refractivity contribution in [2.24, 2.45) is 5.92 Å². The maximum absolute atomic E-state index is 12.0. The molecule has 7 heteroatoms. The van der Waals surface area contributed by atoms with Crippen molar-refractivity contribution in [1.82, 2.24) is 10.3 Å². The van der Waals surface area contributed by atoms with Gasteiger partial charge in [-0.25, -0.2) is 4.98 Å². The molecule has 5 nitrogen and oxygen atoms in total.